The van der Waals surface area contributed by atoms with E-state index in [4.69, 9.17) is 14.4 Å². The molecule has 9 aromatic rings. The quantitative estimate of drug-likeness (QED) is 0.169. The molecule has 0 saturated heterocycles. The number of fused-ring (bicyclic) bond motifs is 4. The maximum Gasteiger partial charge on any atom is 0.164 e. The Balaban J connectivity index is 1.23. The topological polar surface area (TPSA) is 43.9 Å². The summed E-state index contributed by atoms with van der Waals surface area (Å²) < 4.78 is 9.13. The van der Waals surface area contributed by atoms with E-state index in [1.54, 1.807) is 0 Å². The number of benzene rings is 6. The first-order chi connectivity index (χ1) is 25.4. The second-order valence-electron chi connectivity index (χ2n) is 14.2. The van der Waals surface area contributed by atoms with E-state index in [0.717, 1.165) is 61.3 Å². The Morgan fingerprint density at radius 3 is 1.77 bits per heavy atom. The Labute approximate surface area is 304 Å². The van der Waals surface area contributed by atoms with E-state index in [1.807, 2.05) is 18.3 Å². The SMILES string of the molecule is CC(C)c1cc(-c2ccccc2)cc(C(C)C)c1-n1c(-c2cccc3c2oc2cc(-c4ccc(-c5ccccc5)cc4)ccc23)nc2cccnc21. The van der Waals surface area contributed by atoms with E-state index in [1.165, 1.54) is 33.4 Å². The number of pyridine rings is 1. The van der Waals surface area contributed by atoms with Crippen molar-refractivity contribution < 1.29 is 4.42 Å². The third-order valence-corrected chi connectivity index (χ3v) is 10.2. The largest absolute Gasteiger partial charge is 0.455 e. The molecule has 0 spiro atoms. The van der Waals surface area contributed by atoms with Crippen LogP contribution in [0.1, 0.15) is 50.7 Å². The predicted molar refractivity (Wildman–Crippen MR) is 216 cm³/mol. The minimum atomic E-state index is 0.257. The molecule has 0 fully saturated rings. The number of para-hydroxylation sites is 1. The highest BCUT2D eigenvalue weighted by atomic mass is 16.3. The first-order valence-electron chi connectivity index (χ1n) is 18.1. The fraction of sp³-hybridized carbons (Fsp3) is 0.125. The summed E-state index contributed by atoms with van der Waals surface area (Å²) in [5.41, 5.74) is 15.1. The molecule has 4 heteroatoms. The summed E-state index contributed by atoms with van der Waals surface area (Å²) in [6, 6.07) is 51.6. The first-order valence-corrected chi connectivity index (χ1v) is 18.1. The van der Waals surface area contributed by atoms with Crippen LogP contribution in [0, 0.1) is 0 Å². The number of furan rings is 1. The van der Waals surface area contributed by atoms with Crippen LogP contribution in [-0.2, 0) is 0 Å². The standard InChI is InChI=1S/C48H39N3O/c1-30(2)41-27-37(33-15-9-6-10-16-33)28-42(31(3)4)45(41)51-47(50-43-19-12-26-49-48(43)51)40-18-11-17-39-38-25-24-36(29-44(38)52-46(39)40)35-22-20-34(21-23-35)32-13-7-5-8-14-32/h5-31H,1-4H3. The third-order valence-electron chi connectivity index (χ3n) is 10.2. The van der Waals surface area contributed by atoms with Crippen molar-refractivity contribution in [2.24, 2.45) is 0 Å². The molecule has 0 amide bonds. The fourth-order valence-corrected chi connectivity index (χ4v) is 7.56. The van der Waals surface area contributed by atoms with Crippen molar-refractivity contribution in [1.29, 1.82) is 0 Å². The molecular formula is C48H39N3O. The van der Waals surface area contributed by atoms with Gasteiger partial charge >= 0.3 is 0 Å². The van der Waals surface area contributed by atoms with Crippen LogP contribution in [0.15, 0.2) is 156 Å². The molecule has 9 rings (SSSR count). The fourth-order valence-electron chi connectivity index (χ4n) is 7.56. The lowest BCUT2D eigenvalue weighted by molar-refractivity contribution is 0.669. The van der Waals surface area contributed by atoms with Gasteiger partial charge in [-0.1, -0.05) is 131 Å². The normalized spacial score (nSPS) is 11.8. The van der Waals surface area contributed by atoms with Crippen molar-refractivity contribution in [2.45, 2.75) is 39.5 Å². The Bertz CT molecular complexity index is 2690. The van der Waals surface area contributed by atoms with E-state index in [-0.39, 0.29) is 11.8 Å². The molecule has 0 unspecified atom stereocenters. The maximum absolute atomic E-state index is 6.84. The molecule has 0 aliphatic heterocycles. The highest BCUT2D eigenvalue weighted by Gasteiger charge is 2.26. The number of hydrogen-bond donors (Lipinski definition) is 0. The van der Waals surface area contributed by atoms with Gasteiger partial charge < -0.3 is 4.42 Å². The number of nitrogens with zero attached hydrogens (tertiary/aromatic N) is 3. The lowest BCUT2D eigenvalue weighted by Gasteiger charge is -2.24. The van der Waals surface area contributed by atoms with Crippen LogP contribution >= 0.6 is 0 Å². The third kappa shape index (κ3) is 5.39. The molecule has 0 aliphatic carbocycles. The predicted octanol–water partition coefficient (Wildman–Crippen LogP) is 13.2. The van der Waals surface area contributed by atoms with Gasteiger partial charge in [0, 0.05) is 17.0 Å². The van der Waals surface area contributed by atoms with Crippen molar-refractivity contribution in [2.75, 3.05) is 0 Å². The van der Waals surface area contributed by atoms with Crippen molar-refractivity contribution in [1.82, 2.24) is 14.5 Å². The smallest absolute Gasteiger partial charge is 0.164 e. The zero-order chi connectivity index (χ0) is 35.3. The van der Waals surface area contributed by atoms with Gasteiger partial charge in [-0.3, -0.25) is 4.57 Å². The monoisotopic (exact) mass is 673 g/mol. The second kappa shape index (κ2) is 12.8. The first kappa shape index (κ1) is 31.7. The van der Waals surface area contributed by atoms with Gasteiger partial charge in [0.25, 0.3) is 0 Å². The molecule has 3 heterocycles. The molecule has 3 aromatic heterocycles. The maximum atomic E-state index is 6.84. The molecule has 0 bridgehead atoms. The number of rotatable bonds is 7. The van der Waals surface area contributed by atoms with E-state index in [2.05, 4.69) is 166 Å². The van der Waals surface area contributed by atoms with Crippen LogP contribution in [0.5, 0.6) is 0 Å². The second-order valence-corrected chi connectivity index (χ2v) is 14.2. The van der Waals surface area contributed by atoms with Crippen molar-refractivity contribution in [3.63, 3.8) is 0 Å². The molecule has 4 nitrogen and oxygen atoms in total. The van der Waals surface area contributed by atoms with Crippen LogP contribution in [-0.4, -0.2) is 14.5 Å². The molecule has 52 heavy (non-hydrogen) atoms. The Hall–Kier alpha value is -6.26. The molecular weight excluding hydrogens is 635 g/mol. The van der Waals surface area contributed by atoms with Gasteiger partial charge in [0.05, 0.1) is 11.3 Å². The molecule has 0 saturated carbocycles. The minimum absolute atomic E-state index is 0.257. The van der Waals surface area contributed by atoms with Crippen molar-refractivity contribution in [3.05, 3.63) is 163 Å². The van der Waals surface area contributed by atoms with Gasteiger partial charge in [-0.2, -0.15) is 0 Å². The summed E-state index contributed by atoms with van der Waals surface area (Å²) in [6.45, 7) is 9.10. The van der Waals surface area contributed by atoms with E-state index >= 15 is 0 Å². The average molecular weight is 674 g/mol. The molecule has 0 aliphatic rings. The number of hydrogen-bond acceptors (Lipinski definition) is 3. The zero-order valence-electron chi connectivity index (χ0n) is 29.8. The highest BCUT2D eigenvalue weighted by molar-refractivity contribution is 6.10. The number of imidazole rings is 1. The molecule has 0 radical (unpaired) electrons. The molecule has 0 N–H and O–H groups in total. The van der Waals surface area contributed by atoms with Gasteiger partial charge in [-0.25, -0.2) is 9.97 Å². The van der Waals surface area contributed by atoms with Crippen LogP contribution < -0.4 is 0 Å². The van der Waals surface area contributed by atoms with E-state index < -0.39 is 0 Å². The highest BCUT2D eigenvalue weighted by Crippen LogP contribution is 2.42. The average Bonchev–Trinajstić information content (AvgIpc) is 3.76. The van der Waals surface area contributed by atoms with Crippen LogP contribution in [0.2, 0.25) is 0 Å². The lowest BCUT2D eigenvalue weighted by Crippen LogP contribution is -2.10. The summed E-state index contributed by atoms with van der Waals surface area (Å²) in [4.78, 5) is 10.2. The number of aromatic nitrogens is 3. The van der Waals surface area contributed by atoms with Gasteiger partial charge in [-0.15, -0.1) is 0 Å². The molecule has 252 valence electrons. The van der Waals surface area contributed by atoms with Gasteiger partial charge in [0.2, 0.25) is 0 Å². The Morgan fingerprint density at radius 2 is 1.12 bits per heavy atom. The lowest BCUT2D eigenvalue weighted by atomic mass is 9.88. The van der Waals surface area contributed by atoms with Crippen molar-refractivity contribution in [3.8, 4) is 50.5 Å². The summed E-state index contributed by atoms with van der Waals surface area (Å²) in [7, 11) is 0. The Morgan fingerprint density at radius 1 is 0.519 bits per heavy atom. The molecule has 0 atom stereocenters. The van der Waals surface area contributed by atoms with Crippen LogP contribution in [0.25, 0.3) is 83.6 Å². The Kier molecular flexibility index (Phi) is 7.81. The zero-order valence-corrected chi connectivity index (χ0v) is 29.8. The summed E-state index contributed by atoms with van der Waals surface area (Å²) >= 11 is 0. The summed E-state index contributed by atoms with van der Waals surface area (Å²) in [5, 5.41) is 2.15. The van der Waals surface area contributed by atoms with Crippen LogP contribution in [0.3, 0.4) is 0 Å². The van der Waals surface area contributed by atoms with Crippen molar-refractivity contribution >= 4 is 33.1 Å². The summed E-state index contributed by atoms with van der Waals surface area (Å²) in [6.07, 6.45) is 1.86. The van der Waals surface area contributed by atoms with E-state index in [0.29, 0.717) is 0 Å². The van der Waals surface area contributed by atoms with Gasteiger partial charge in [-0.05, 0) is 98.8 Å². The van der Waals surface area contributed by atoms with E-state index in [9.17, 15) is 0 Å². The van der Waals surface area contributed by atoms with Gasteiger partial charge in [0.15, 0.2) is 11.5 Å². The summed E-state index contributed by atoms with van der Waals surface area (Å²) in [5.74, 6) is 1.34. The van der Waals surface area contributed by atoms with Crippen LogP contribution in [0.4, 0.5) is 0 Å². The molecule has 6 aromatic carbocycles. The van der Waals surface area contributed by atoms with Gasteiger partial charge in [0.1, 0.15) is 16.7 Å². The minimum Gasteiger partial charge on any atom is -0.455 e.